The van der Waals surface area contributed by atoms with Gasteiger partial charge in [-0.3, -0.25) is 4.79 Å². The molecule has 2 aliphatic carbocycles. The van der Waals surface area contributed by atoms with Crippen molar-refractivity contribution in [3.8, 4) is 0 Å². The van der Waals surface area contributed by atoms with E-state index < -0.39 is 0 Å². The molecule has 0 heterocycles. The highest BCUT2D eigenvalue weighted by Crippen LogP contribution is 2.53. The smallest absolute Gasteiger partial charge is 0.145 e. The highest BCUT2D eigenvalue weighted by Gasteiger charge is 2.53. The molecule has 84 valence electrons. The van der Waals surface area contributed by atoms with Crippen molar-refractivity contribution in [2.45, 2.75) is 47.0 Å². The molecule has 0 amide bonds. The molecule has 0 aromatic rings. The summed E-state index contributed by atoms with van der Waals surface area (Å²) >= 11 is 0. The Morgan fingerprint density at radius 2 is 1.93 bits per heavy atom. The minimum absolute atomic E-state index is 0.0786. The molecule has 1 heteroatoms. The average molecular weight is 206 g/mol. The van der Waals surface area contributed by atoms with Crippen molar-refractivity contribution in [2.24, 2.45) is 22.7 Å². The fourth-order valence-electron chi connectivity index (χ4n) is 3.33. The van der Waals surface area contributed by atoms with Crippen LogP contribution in [0.25, 0.3) is 0 Å². The maximum atomic E-state index is 12.6. The Balaban J connectivity index is 2.39. The van der Waals surface area contributed by atoms with E-state index in [9.17, 15) is 4.79 Å². The highest BCUT2D eigenvalue weighted by atomic mass is 16.1. The van der Waals surface area contributed by atoms with Crippen LogP contribution in [-0.4, -0.2) is 5.78 Å². The van der Waals surface area contributed by atoms with Crippen LogP contribution >= 0.6 is 0 Å². The van der Waals surface area contributed by atoms with Crippen LogP contribution in [0.5, 0.6) is 0 Å². The third kappa shape index (κ3) is 1.39. The van der Waals surface area contributed by atoms with Crippen LogP contribution in [0.1, 0.15) is 47.0 Å². The first-order chi connectivity index (χ1) is 6.89. The lowest BCUT2D eigenvalue weighted by Crippen LogP contribution is -2.52. The molecule has 15 heavy (non-hydrogen) atoms. The van der Waals surface area contributed by atoms with Crippen molar-refractivity contribution in [3.63, 3.8) is 0 Å². The Morgan fingerprint density at radius 1 is 1.27 bits per heavy atom. The fourth-order valence-corrected chi connectivity index (χ4v) is 3.33. The first-order valence-corrected chi connectivity index (χ1v) is 6.09. The number of carbonyl (C=O) groups excluding carboxylic acids is 1. The number of fused-ring (bicyclic) bond motifs is 1. The molecule has 1 saturated carbocycles. The zero-order chi connectivity index (χ0) is 11.3. The number of allylic oxidation sites excluding steroid dienone is 2. The molecule has 0 aromatic carbocycles. The molecular weight excluding hydrogens is 184 g/mol. The first-order valence-electron chi connectivity index (χ1n) is 6.09. The van der Waals surface area contributed by atoms with Crippen molar-refractivity contribution < 1.29 is 4.79 Å². The van der Waals surface area contributed by atoms with Crippen molar-refractivity contribution in [1.82, 2.24) is 0 Å². The third-order valence-electron chi connectivity index (χ3n) is 5.00. The van der Waals surface area contributed by atoms with Crippen LogP contribution in [0.15, 0.2) is 12.2 Å². The Kier molecular flexibility index (Phi) is 2.33. The molecule has 0 aliphatic heterocycles. The molecule has 3 atom stereocenters. The predicted octanol–water partition coefficient (Wildman–Crippen LogP) is 3.59. The number of hydrogen-bond donors (Lipinski definition) is 0. The largest absolute Gasteiger partial charge is 0.298 e. The van der Waals surface area contributed by atoms with Crippen LogP contribution in [0.3, 0.4) is 0 Å². The van der Waals surface area contributed by atoms with E-state index in [1.807, 2.05) is 0 Å². The summed E-state index contributed by atoms with van der Waals surface area (Å²) in [4.78, 5) is 12.6. The van der Waals surface area contributed by atoms with Gasteiger partial charge in [0, 0.05) is 10.8 Å². The van der Waals surface area contributed by atoms with Crippen LogP contribution < -0.4 is 0 Å². The summed E-state index contributed by atoms with van der Waals surface area (Å²) in [5.41, 5.74) is -0.207. The van der Waals surface area contributed by atoms with E-state index in [4.69, 9.17) is 0 Å². The lowest BCUT2D eigenvalue weighted by atomic mass is 9.51. The second-order valence-electron chi connectivity index (χ2n) is 6.21. The molecule has 0 spiro atoms. The highest BCUT2D eigenvalue weighted by molar-refractivity contribution is 5.91. The van der Waals surface area contributed by atoms with Gasteiger partial charge in [0.25, 0.3) is 0 Å². The molecule has 2 rings (SSSR count). The van der Waals surface area contributed by atoms with Gasteiger partial charge in [-0.2, -0.15) is 0 Å². The summed E-state index contributed by atoms with van der Waals surface area (Å²) in [6.45, 7) is 8.66. The minimum atomic E-state index is -0.129. The van der Waals surface area contributed by atoms with Crippen LogP contribution in [-0.2, 0) is 4.79 Å². The Hall–Kier alpha value is -0.590. The van der Waals surface area contributed by atoms with E-state index in [1.165, 1.54) is 6.42 Å². The van der Waals surface area contributed by atoms with Gasteiger partial charge >= 0.3 is 0 Å². The van der Waals surface area contributed by atoms with Crippen molar-refractivity contribution in [1.29, 1.82) is 0 Å². The SMILES string of the molecule is CC1CC2CC=CCC2(C)C(=O)C1(C)C. The van der Waals surface area contributed by atoms with Crippen LogP contribution in [0.4, 0.5) is 0 Å². The Bertz CT molecular complexity index is 313. The molecule has 1 nitrogen and oxygen atoms in total. The summed E-state index contributed by atoms with van der Waals surface area (Å²) in [6.07, 6.45) is 7.71. The number of hydrogen-bond acceptors (Lipinski definition) is 1. The van der Waals surface area contributed by atoms with E-state index in [1.54, 1.807) is 0 Å². The molecule has 0 N–H and O–H groups in total. The maximum Gasteiger partial charge on any atom is 0.145 e. The zero-order valence-electron chi connectivity index (χ0n) is 10.3. The van der Waals surface area contributed by atoms with Crippen molar-refractivity contribution in [3.05, 3.63) is 12.2 Å². The van der Waals surface area contributed by atoms with Gasteiger partial charge in [-0.25, -0.2) is 0 Å². The van der Waals surface area contributed by atoms with Gasteiger partial charge in [0.15, 0.2) is 0 Å². The average Bonchev–Trinajstić information content (AvgIpc) is 2.18. The van der Waals surface area contributed by atoms with E-state index in [0.717, 1.165) is 12.8 Å². The lowest BCUT2D eigenvalue weighted by molar-refractivity contribution is -0.150. The second-order valence-corrected chi connectivity index (χ2v) is 6.21. The lowest BCUT2D eigenvalue weighted by Gasteiger charge is -2.51. The topological polar surface area (TPSA) is 17.1 Å². The molecule has 0 bridgehead atoms. The van der Waals surface area contributed by atoms with Gasteiger partial charge in [0.1, 0.15) is 5.78 Å². The predicted molar refractivity (Wildman–Crippen MR) is 62.5 cm³/mol. The number of ketones is 1. The molecule has 1 fully saturated rings. The second kappa shape index (κ2) is 3.20. The molecule has 2 aliphatic rings. The quantitative estimate of drug-likeness (QED) is 0.553. The number of carbonyl (C=O) groups is 1. The van der Waals surface area contributed by atoms with Gasteiger partial charge in [0.05, 0.1) is 0 Å². The molecular formula is C14H22O. The monoisotopic (exact) mass is 206 g/mol. The van der Waals surface area contributed by atoms with Crippen molar-refractivity contribution in [2.75, 3.05) is 0 Å². The molecule has 0 aromatic heterocycles. The van der Waals surface area contributed by atoms with Crippen LogP contribution in [0.2, 0.25) is 0 Å². The van der Waals surface area contributed by atoms with E-state index in [-0.39, 0.29) is 10.8 Å². The standard InChI is InChI=1S/C14H22O/c1-10-9-11-7-5-6-8-14(11,4)12(15)13(10,2)3/h5-6,10-11H,7-9H2,1-4H3. The zero-order valence-corrected chi connectivity index (χ0v) is 10.3. The van der Waals surface area contributed by atoms with Gasteiger partial charge < -0.3 is 0 Å². The van der Waals surface area contributed by atoms with Gasteiger partial charge in [0.2, 0.25) is 0 Å². The first kappa shape index (κ1) is 10.9. The molecule has 3 unspecified atom stereocenters. The molecule has 0 saturated heterocycles. The maximum absolute atomic E-state index is 12.6. The molecule has 0 radical (unpaired) electrons. The summed E-state index contributed by atoms with van der Waals surface area (Å²) in [5, 5.41) is 0. The number of rotatable bonds is 0. The third-order valence-corrected chi connectivity index (χ3v) is 5.00. The fraction of sp³-hybridized carbons (Fsp3) is 0.786. The van der Waals surface area contributed by atoms with Gasteiger partial charge in [-0.1, -0.05) is 39.8 Å². The number of Topliss-reactive ketones (excluding diaryl/α,β-unsaturated/α-hetero) is 1. The van der Waals surface area contributed by atoms with Gasteiger partial charge in [-0.15, -0.1) is 0 Å². The van der Waals surface area contributed by atoms with Gasteiger partial charge in [-0.05, 0) is 31.1 Å². The Labute approximate surface area is 92.9 Å². The normalized spacial score (nSPS) is 43.9. The van der Waals surface area contributed by atoms with E-state index >= 15 is 0 Å². The minimum Gasteiger partial charge on any atom is -0.298 e. The van der Waals surface area contributed by atoms with Crippen molar-refractivity contribution >= 4 is 5.78 Å². The van der Waals surface area contributed by atoms with E-state index in [0.29, 0.717) is 17.6 Å². The summed E-state index contributed by atoms with van der Waals surface area (Å²) < 4.78 is 0. The van der Waals surface area contributed by atoms with Crippen LogP contribution in [0, 0.1) is 22.7 Å². The van der Waals surface area contributed by atoms with E-state index in [2.05, 4.69) is 39.8 Å². The summed E-state index contributed by atoms with van der Waals surface area (Å²) in [5.74, 6) is 1.59. The Morgan fingerprint density at radius 3 is 2.60 bits per heavy atom. The summed E-state index contributed by atoms with van der Waals surface area (Å²) in [6, 6.07) is 0. The summed E-state index contributed by atoms with van der Waals surface area (Å²) in [7, 11) is 0.